The molecule has 4 nitrogen and oxygen atoms in total. The minimum Gasteiger partial charge on any atom is -0.465 e. The lowest BCUT2D eigenvalue weighted by Gasteiger charge is -2.07. The van der Waals surface area contributed by atoms with Crippen LogP contribution < -0.4 is 0 Å². The highest BCUT2D eigenvalue weighted by molar-refractivity contribution is 7.99. The van der Waals surface area contributed by atoms with Crippen molar-refractivity contribution in [3.8, 4) is 0 Å². The number of hydrogen-bond donors (Lipinski definition) is 0. The van der Waals surface area contributed by atoms with Crippen molar-refractivity contribution in [2.24, 2.45) is 0 Å². The number of methoxy groups -OCH3 is 1. The van der Waals surface area contributed by atoms with Crippen LogP contribution in [0.5, 0.6) is 0 Å². The standard InChI is InChI=1S/C14H18O4S/c1-10(2)18-13(15)9-19-8-11-5-4-6-12(7-11)14(16)17-3/h4-7,10H,8-9H2,1-3H3. The van der Waals surface area contributed by atoms with Crippen LogP contribution in [0.3, 0.4) is 0 Å². The summed E-state index contributed by atoms with van der Waals surface area (Å²) in [5.74, 6) is 0.383. The van der Waals surface area contributed by atoms with Crippen LogP contribution >= 0.6 is 11.8 Å². The number of thioether (sulfide) groups is 1. The monoisotopic (exact) mass is 282 g/mol. The maximum atomic E-state index is 11.4. The summed E-state index contributed by atoms with van der Waals surface area (Å²) in [7, 11) is 1.35. The second-order valence-corrected chi connectivity index (χ2v) is 5.21. The maximum absolute atomic E-state index is 11.4. The van der Waals surface area contributed by atoms with Gasteiger partial charge in [-0.3, -0.25) is 4.79 Å². The average Bonchev–Trinajstić information content (AvgIpc) is 2.37. The molecule has 0 amide bonds. The van der Waals surface area contributed by atoms with E-state index in [0.717, 1.165) is 5.56 Å². The Labute approximate surface area is 117 Å². The molecule has 104 valence electrons. The van der Waals surface area contributed by atoms with Crippen LogP contribution in [0.1, 0.15) is 29.8 Å². The van der Waals surface area contributed by atoms with Gasteiger partial charge in [-0.25, -0.2) is 4.79 Å². The van der Waals surface area contributed by atoms with E-state index < -0.39 is 0 Å². The van der Waals surface area contributed by atoms with Crippen molar-refractivity contribution in [1.82, 2.24) is 0 Å². The van der Waals surface area contributed by atoms with E-state index in [2.05, 4.69) is 4.74 Å². The zero-order chi connectivity index (χ0) is 14.3. The molecule has 0 N–H and O–H groups in total. The number of benzene rings is 1. The molecule has 5 heteroatoms. The zero-order valence-corrected chi connectivity index (χ0v) is 12.2. The fraction of sp³-hybridized carbons (Fsp3) is 0.429. The van der Waals surface area contributed by atoms with Crippen LogP contribution in [0.15, 0.2) is 24.3 Å². The molecule has 19 heavy (non-hydrogen) atoms. The summed E-state index contributed by atoms with van der Waals surface area (Å²) in [5.41, 5.74) is 1.50. The summed E-state index contributed by atoms with van der Waals surface area (Å²) < 4.78 is 9.69. The summed E-state index contributed by atoms with van der Waals surface area (Å²) in [6.45, 7) is 3.64. The lowest BCUT2D eigenvalue weighted by atomic mass is 10.1. The van der Waals surface area contributed by atoms with E-state index >= 15 is 0 Å². The molecule has 0 fully saturated rings. The summed E-state index contributed by atoms with van der Waals surface area (Å²) in [6, 6.07) is 7.18. The van der Waals surface area contributed by atoms with E-state index in [-0.39, 0.29) is 18.0 Å². The highest BCUT2D eigenvalue weighted by atomic mass is 32.2. The molecule has 0 aromatic heterocycles. The first kappa shape index (κ1) is 15.6. The van der Waals surface area contributed by atoms with E-state index in [0.29, 0.717) is 17.1 Å². The second kappa shape index (κ2) is 7.84. The van der Waals surface area contributed by atoms with Gasteiger partial charge in [-0.05, 0) is 31.5 Å². The van der Waals surface area contributed by atoms with Crippen LogP contribution in [-0.2, 0) is 20.0 Å². The van der Waals surface area contributed by atoms with E-state index in [1.165, 1.54) is 18.9 Å². The van der Waals surface area contributed by atoms with Gasteiger partial charge in [0.25, 0.3) is 0 Å². The molecule has 0 atom stereocenters. The van der Waals surface area contributed by atoms with Gasteiger partial charge in [0.2, 0.25) is 0 Å². The normalized spacial score (nSPS) is 10.3. The minimum atomic E-state index is -0.355. The fourth-order valence-electron chi connectivity index (χ4n) is 1.46. The molecule has 0 radical (unpaired) electrons. The summed E-state index contributed by atoms with van der Waals surface area (Å²) in [4.78, 5) is 22.7. The van der Waals surface area contributed by atoms with Crippen LogP contribution in [0.4, 0.5) is 0 Å². The molecule has 0 saturated carbocycles. The zero-order valence-electron chi connectivity index (χ0n) is 11.3. The van der Waals surface area contributed by atoms with Gasteiger partial charge < -0.3 is 9.47 Å². The van der Waals surface area contributed by atoms with Crippen molar-refractivity contribution in [3.63, 3.8) is 0 Å². The molecule has 1 aromatic rings. The molecule has 0 spiro atoms. The average molecular weight is 282 g/mol. The third-order valence-electron chi connectivity index (χ3n) is 2.20. The second-order valence-electron chi connectivity index (χ2n) is 4.22. The molecule has 0 aliphatic rings. The number of carbonyl (C=O) groups excluding carboxylic acids is 2. The Morgan fingerprint density at radius 2 is 2.05 bits per heavy atom. The number of rotatable bonds is 6. The summed E-state index contributed by atoms with van der Waals surface area (Å²) in [6.07, 6.45) is -0.0873. The third kappa shape index (κ3) is 5.79. The summed E-state index contributed by atoms with van der Waals surface area (Å²) in [5, 5.41) is 0. The van der Waals surface area contributed by atoms with E-state index in [1.54, 1.807) is 18.2 Å². The molecular weight excluding hydrogens is 264 g/mol. The predicted molar refractivity (Wildman–Crippen MR) is 75.2 cm³/mol. The molecule has 0 saturated heterocycles. The summed E-state index contributed by atoms with van der Waals surface area (Å²) >= 11 is 1.46. The molecule has 0 aliphatic heterocycles. The molecule has 0 heterocycles. The Kier molecular flexibility index (Phi) is 6.42. The van der Waals surface area contributed by atoms with Gasteiger partial charge >= 0.3 is 11.9 Å². The fourth-order valence-corrected chi connectivity index (χ4v) is 2.21. The molecular formula is C14H18O4S. The topological polar surface area (TPSA) is 52.6 Å². The third-order valence-corrected chi connectivity index (χ3v) is 3.18. The van der Waals surface area contributed by atoms with Crippen LogP contribution in [0.25, 0.3) is 0 Å². The number of carbonyl (C=O) groups is 2. The molecule has 1 rings (SSSR count). The van der Waals surface area contributed by atoms with Gasteiger partial charge in [-0.2, -0.15) is 0 Å². The van der Waals surface area contributed by atoms with Gasteiger partial charge in [0.1, 0.15) is 0 Å². The molecule has 0 aliphatic carbocycles. The highest BCUT2D eigenvalue weighted by Gasteiger charge is 2.08. The van der Waals surface area contributed by atoms with Crippen molar-refractivity contribution < 1.29 is 19.1 Å². The first-order chi connectivity index (χ1) is 9.02. The first-order valence-electron chi connectivity index (χ1n) is 5.97. The van der Waals surface area contributed by atoms with E-state index in [4.69, 9.17) is 4.74 Å². The Hall–Kier alpha value is -1.49. The van der Waals surface area contributed by atoms with Crippen molar-refractivity contribution in [2.45, 2.75) is 25.7 Å². The van der Waals surface area contributed by atoms with Gasteiger partial charge in [0, 0.05) is 5.75 Å². The largest absolute Gasteiger partial charge is 0.465 e. The van der Waals surface area contributed by atoms with Crippen molar-refractivity contribution in [3.05, 3.63) is 35.4 Å². The van der Waals surface area contributed by atoms with Gasteiger partial charge in [0.05, 0.1) is 24.5 Å². The SMILES string of the molecule is COC(=O)c1cccc(CSCC(=O)OC(C)C)c1. The van der Waals surface area contributed by atoms with Gasteiger partial charge in [-0.1, -0.05) is 12.1 Å². The van der Waals surface area contributed by atoms with E-state index in [9.17, 15) is 9.59 Å². The highest BCUT2D eigenvalue weighted by Crippen LogP contribution is 2.14. The van der Waals surface area contributed by atoms with Gasteiger partial charge in [-0.15, -0.1) is 11.8 Å². The molecule has 1 aromatic carbocycles. The predicted octanol–water partition coefficient (Wildman–Crippen LogP) is 2.66. The Bertz CT molecular complexity index is 443. The van der Waals surface area contributed by atoms with Gasteiger partial charge in [0.15, 0.2) is 0 Å². The smallest absolute Gasteiger partial charge is 0.337 e. The van der Waals surface area contributed by atoms with Crippen molar-refractivity contribution in [2.75, 3.05) is 12.9 Å². The molecule has 0 bridgehead atoms. The van der Waals surface area contributed by atoms with E-state index in [1.807, 2.05) is 19.9 Å². The Morgan fingerprint density at radius 3 is 2.68 bits per heavy atom. The maximum Gasteiger partial charge on any atom is 0.337 e. The number of hydrogen-bond acceptors (Lipinski definition) is 5. The van der Waals surface area contributed by atoms with Crippen molar-refractivity contribution >= 4 is 23.7 Å². The molecule has 0 unspecified atom stereocenters. The Morgan fingerprint density at radius 1 is 1.32 bits per heavy atom. The number of esters is 2. The lowest BCUT2D eigenvalue weighted by Crippen LogP contribution is -2.13. The number of ether oxygens (including phenoxy) is 2. The first-order valence-corrected chi connectivity index (χ1v) is 7.13. The lowest BCUT2D eigenvalue weighted by molar-refractivity contribution is -0.144. The van der Waals surface area contributed by atoms with Crippen LogP contribution in [-0.4, -0.2) is 30.9 Å². The van der Waals surface area contributed by atoms with Crippen LogP contribution in [0, 0.1) is 0 Å². The van der Waals surface area contributed by atoms with Crippen LogP contribution in [0.2, 0.25) is 0 Å². The quantitative estimate of drug-likeness (QED) is 0.751. The van der Waals surface area contributed by atoms with Crippen molar-refractivity contribution in [1.29, 1.82) is 0 Å². The minimum absolute atomic E-state index is 0.0873. The Balaban J connectivity index is 2.45.